The van der Waals surface area contributed by atoms with Gasteiger partial charge in [-0.05, 0) is 44.2 Å². The first-order chi connectivity index (χ1) is 13.9. The average Bonchev–Trinajstić information content (AvgIpc) is 3.03. The molecule has 2 aromatic carbocycles. The van der Waals surface area contributed by atoms with Crippen molar-refractivity contribution < 1.29 is 14.3 Å². The van der Waals surface area contributed by atoms with Gasteiger partial charge in [-0.1, -0.05) is 23.7 Å². The number of thiazole rings is 1. The first kappa shape index (κ1) is 19.4. The molecule has 0 atom stereocenters. The first-order valence-corrected chi connectivity index (χ1v) is 10.2. The number of nitrogens with zero attached hydrogens (tertiary/aromatic N) is 2. The number of carbonyl (C=O) groups excluding carboxylic acids is 2. The number of anilines is 2. The Hall–Kier alpha value is -2.90. The number of ether oxygens (including phenoxy) is 1. The summed E-state index contributed by atoms with van der Waals surface area (Å²) in [6, 6.07) is 12.5. The largest absolute Gasteiger partial charge is 0.482 e. The van der Waals surface area contributed by atoms with Crippen LogP contribution in [0, 0.1) is 13.8 Å². The highest BCUT2D eigenvalue weighted by molar-refractivity contribution is 7.11. The quantitative estimate of drug-likeness (QED) is 0.668. The fourth-order valence-corrected chi connectivity index (χ4v) is 4.24. The molecule has 1 aliphatic rings. The summed E-state index contributed by atoms with van der Waals surface area (Å²) < 4.78 is 5.55. The van der Waals surface area contributed by atoms with Crippen molar-refractivity contribution in [2.24, 2.45) is 0 Å². The van der Waals surface area contributed by atoms with Crippen LogP contribution < -0.4 is 15.0 Å². The summed E-state index contributed by atoms with van der Waals surface area (Å²) in [5.41, 5.74) is 2.80. The number of carbonyl (C=O) groups is 2. The molecule has 0 bridgehead atoms. The van der Waals surface area contributed by atoms with Gasteiger partial charge in [0.25, 0.3) is 5.91 Å². The molecule has 8 heteroatoms. The van der Waals surface area contributed by atoms with Crippen molar-refractivity contribution in [3.63, 3.8) is 0 Å². The summed E-state index contributed by atoms with van der Waals surface area (Å²) in [5, 5.41) is 4.16. The standard InChI is InChI=1S/C21H18ClN3O3S/c1-12-21(23-13(2)29-12)14-7-8-18-17(9-14)25(20(27)11-28-18)10-19(26)24-16-6-4-3-5-15(16)22/h3-9H,10-11H2,1-2H3,(H,24,26). The highest BCUT2D eigenvalue weighted by Gasteiger charge is 2.28. The Morgan fingerprint density at radius 2 is 2.07 bits per heavy atom. The maximum Gasteiger partial charge on any atom is 0.265 e. The van der Waals surface area contributed by atoms with Gasteiger partial charge in [-0.25, -0.2) is 4.98 Å². The molecule has 1 N–H and O–H groups in total. The normalized spacial score (nSPS) is 13.1. The van der Waals surface area contributed by atoms with Crippen LogP contribution >= 0.6 is 22.9 Å². The van der Waals surface area contributed by atoms with Crippen LogP contribution in [0.3, 0.4) is 0 Å². The van der Waals surface area contributed by atoms with Gasteiger partial charge in [0, 0.05) is 10.4 Å². The van der Waals surface area contributed by atoms with Crippen molar-refractivity contribution in [1.82, 2.24) is 4.98 Å². The lowest BCUT2D eigenvalue weighted by Crippen LogP contribution is -2.43. The Balaban J connectivity index is 1.62. The van der Waals surface area contributed by atoms with Crippen molar-refractivity contribution >= 4 is 46.1 Å². The van der Waals surface area contributed by atoms with Gasteiger partial charge in [0.2, 0.25) is 5.91 Å². The number of hydrogen-bond acceptors (Lipinski definition) is 5. The number of aromatic nitrogens is 1. The number of aryl methyl sites for hydroxylation is 2. The summed E-state index contributed by atoms with van der Waals surface area (Å²) in [7, 11) is 0. The predicted molar refractivity (Wildman–Crippen MR) is 115 cm³/mol. The van der Waals surface area contributed by atoms with E-state index in [0.717, 1.165) is 21.1 Å². The van der Waals surface area contributed by atoms with E-state index in [0.29, 0.717) is 22.1 Å². The molecule has 0 spiro atoms. The third-order valence-electron chi connectivity index (χ3n) is 4.53. The molecule has 1 aromatic heterocycles. The maximum atomic E-state index is 12.6. The monoisotopic (exact) mass is 427 g/mol. The van der Waals surface area contributed by atoms with E-state index in [-0.39, 0.29) is 25.0 Å². The van der Waals surface area contributed by atoms with E-state index in [2.05, 4.69) is 10.3 Å². The SMILES string of the molecule is Cc1nc(-c2ccc3c(c2)N(CC(=O)Nc2ccccc2Cl)C(=O)CO3)c(C)s1. The Labute approximate surface area is 177 Å². The number of rotatable bonds is 4. The molecule has 0 saturated heterocycles. The highest BCUT2D eigenvalue weighted by Crippen LogP contribution is 2.37. The smallest absolute Gasteiger partial charge is 0.265 e. The number of para-hydroxylation sites is 1. The molecule has 2 amide bonds. The Bertz CT molecular complexity index is 1110. The van der Waals surface area contributed by atoms with Gasteiger partial charge in [0.15, 0.2) is 6.61 Å². The van der Waals surface area contributed by atoms with E-state index < -0.39 is 0 Å². The molecule has 0 unspecified atom stereocenters. The second kappa shape index (κ2) is 7.85. The molecule has 148 valence electrons. The predicted octanol–water partition coefficient (Wildman–Crippen LogP) is 4.44. The molecule has 4 rings (SSSR count). The van der Waals surface area contributed by atoms with Gasteiger partial charge < -0.3 is 10.1 Å². The van der Waals surface area contributed by atoms with Gasteiger partial charge in [-0.2, -0.15) is 0 Å². The van der Waals surface area contributed by atoms with Crippen LogP contribution in [0.1, 0.15) is 9.88 Å². The van der Waals surface area contributed by atoms with Crippen molar-refractivity contribution in [3.05, 3.63) is 57.4 Å². The van der Waals surface area contributed by atoms with Gasteiger partial charge in [0.05, 0.1) is 27.1 Å². The molecule has 0 radical (unpaired) electrons. The highest BCUT2D eigenvalue weighted by atomic mass is 35.5. The molecular weight excluding hydrogens is 410 g/mol. The molecule has 3 aromatic rings. The minimum absolute atomic E-state index is 0.111. The number of benzene rings is 2. The number of fused-ring (bicyclic) bond motifs is 1. The fourth-order valence-electron chi connectivity index (χ4n) is 3.22. The first-order valence-electron chi connectivity index (χ1n) is 8.98. The van der Waals surface area contributed by atoms with Crippen LogP contribution in [0.25, 0.3) is 11.3 Å². The number of halogens is 1. The van der Waals surface area contributed by atoms with E-state index in [1.807, 2.05) is 32.0 Å². The lowest BCUT2D eigenvalue weighted by atomic mass is 10.1. The summed E-state index contributed by atoms with van der Waals surface area (Å²) in [5.74, 6) is -0.0657. The lowest BCUT2D eigenvalue weighted by Gasteiger charge is -2.29. The molecule has 1 aliphatic heterocycles. The second-order valence-corrected chi connectivity index (χ2v) is 8.43. The molecular formula is C21H18ClN3O3S. The van der Waals surface area contributed by atoms with Gasteiger partial charge in [0.1, 0.15) is 12.3 Å². The van der Waals surface area contributed by atoms with Crippen LogP contribution in [0.15, 0.2) is 42.5 Å². The maximum absolute atomic E-state index is 12.6. The molecule has 0 saturated carbocycles. The van der Waals surface area contributed by atoms with E-state index in [1.54, 1.807) is 35.6 Å². The number of amides is 2. The van der Waals surface area contributed by atoms with Crippen molar-refractivity contribution in [1.29, 1.82) is 0 Å². The van der Waals surface area contributed by atoms with Gasteiger partial charge >= 0.3 is 0 Å². The van der Waals surface area contributed by atoms with Crippen LogP contribution in [0.2, 0.25) is 5.02 Å². The summed E-state index contributed by atoms with van der Waals surface area (Å²) >= 11 is 7.72. The van der Waals surface area contributed by atoms with Crippen LogP contribution in [0.5, 0.6) is 5.75 Å². The lowest BCUT2D eigenvalue weighted by molar-refractivity contribution is -0.123. The van der Waals surface area contributed by atoms with E-state index in [4.69, 9.17) is 16.3 Å². The molecule has 0 fully saturated rings. The topological polar surface area (TPSA) is 71.5 Å². The minimum atomic E-state index is -0.342. The van der Waals surface area contributed by atoms with Crippen molar-refractivity contribution in [3.8, 4) is 17.0 Å². The average molecular weight is 428 g/mol. The van der Waals surface area contributed by atoms with Crippen molar-refractivity contribution in [2.75, 3.05) is 23.4 Å². The summed E-state index contributed by atoms with van der Waals surface area (Å²) in [6.45, 7) is 3.72. The van der Waals surface area contributed by atoms with Crippen molar-refractivity contribution in [2.45, 2.75) is 13.8 Å². The zero-order valence-electron chi connectivity index (χ0n) is 15.9. The third kappa shape index (κ3) is 3.97. The van der Waals surface area contributed by atoms with Crippen LogP contribution in [0.4, 0.5) is 11.4 Å². The minimum Gasteiger partial charge on any atom is -0.482 e. The number of hydrogen-bond donors (Lipinski definition) is 1. The van der Waals surface area contributed by atoms with Crippen LogP contribution in [-0.4, -0.2) is 29.9 Å². The van der Waals surface area contributed by atoms with Crippen LogP contribution in [-0.2, 0) is 9.59 Å². The molecule has 0 aliphatic carbocycles. The van der Waals surface area contributed by atoms with E-state index in [1.165, 1.54) is 4.90 Å². The fraction of sp³-hybridized carbons (Fsp3) is 0.190. The van der Waals surface area contributed by atoms with E-state index in [9.17, 15) is 9.59 Å². The van der Waals surface area contributed by atoms with Gasteiger partial charge in [-0.3, -0.25) is 14.5 Å². The molecule has 29 heavy (non-hydrogen) atoms. The summed E-state index contributed by atoms with van der Waals surface area (Å²) in [4.78, 5) is 32.2. The Morgan fingerprint density at radius 3 is 2.79 bits per heavy atom. The second-order valence-electron chi connectivity index (χ2n) is 6.62. The molecule has 2 heterocycles. The molecule has 6 nitrogen and oxygen atoms in total. The zero-order valence-corrected chi connectivity index (χ0v) is 17.4. The van der Waals surface area contributed by atoms with Gasteiger partial charge in [-0.15, -0.1) is 11.3 Å². The third-order valence-corrected chi connectivity index (χ3v) is 5.74. The zero-order chi connectivity index (χ0) is 20.5. The number of nitrogens with one attached hydrogen (secondary N) is 1. The summed E-state index contributed by atoms with van der Waals surface area (Å²) in [6.07, 6.45) is 0. The van der Waals surface area contributed by atoms with E-state index >= 15 is 0 Å². The Kier molecular flexibility index (Phi) is 5.25. The Morgan fingerprint density at radius 1 is 1.28 bits per heavy atom.